The highest BCUT2D eigenvalue weighted by atomic mass is 35.5. The highest BCUT2D eigenvalue weighted by molar-refractivity contribution is 6.32. The van der Waals surface area contributed by atoms with Crippen LogP contribution in [0, 0.1) is 0 Å². The van der Waals surface area contributed by atoms with Crippen LogP contribution in [0.15, 0.2) is 41.2 Å². The molecule has 0 fully saturated rings. The van der Waals surface area contributed by atoms with Crippen molar-refractivity contribution in [2.45, 2.75) is 19.2 Å². The molecule has 33 heavy (non-hydrogen) atoms. The fraction of sp³-hybridized carbons (Fsp3) is 0.250. The number of carbonyl (C=O) groups excluding carboxylic acids is 1. The van der Waals surface area contributed by atoms with Crippen molar-refractivity contribution in [2.24, 2.45) is 0 Å². The second kappa shape index (κ2) is 9.16. The Kier molecular flexibility index (Phi) is 6.29. The van der Waals surface area contributed by atoms with Crippen LogP contribution in [0.4, 0.5) is 23.8 Å². The second-order valence-electron chi connectivity index (χ2n) is 7.01. The number of alkyl halides is 3. The van der Waals surface area contributed by atoms with E-state index in [1.165, 1.54) is 11.1 Å². The predicted octanol–water partition coefficient (Wildman–Crippen LogP) is 4.01. The minimum absolute atomic E-state index is 0.0221. The zero-order valence-corrected chi connectivity index (χ0v) is 17.6. The maximum atomic E-state index is 12.6. The number of hydrogen-bond acceptors (Lipinski definition) is 7. The number of aliphatic hydroxyl groups is 1. The van der Waals surface area contributed by atoms with Crippen LogP contribution < -0.4 is 5.32 Å². The summed E-state index contributed by atoms with van der Waals surface area (Å²) >= 11 is 6.38. The van der Waals surface area contributed by atoms with Gasteiger partial charge in [-0.1, -0.05) is 22.8 Å². The van der Waals surface area contributed by atoms with Crippen LogP contribution in [-0.4, -0.2) is 49.2 Å². The molecule has 4 heterocycles. The van der Waals surface area contributed by atoms with Crippen molar-refractivity contribution in [1.82, 2.24) is 25.0 Å². The zero-order valence-electron chi connectivity index (χ0n) is 16.8. The molecule has 0 aliphatic carbocycles. The van der Waals surface area contributed by atoms with Gasteiger partial charge < -0.3 is 14.5 Å². The van der Waals surface area contributed by atoms with E-state index in [-0.39, 0.29) is 30.7 Å². The molecule has 3 aromatic heterocycles. The number of aromatic nitrogens is 4. The highest BCUT2D eigenvalue weighted by Gasteiger charge is 2.30. The van der Waals surface area contributed by atoms with E-state index in [9.17, 15) is 18.0 Å². The molecule has 0 bridgehead atoms. The zero-order chi connectivity index (χ0) is 23.6. The summed E-state index contributed by atoms with van der Waals surface area (Å²) in [6.07, 6.45) is -0.0268. The normalized spacial score (nSPS) is 14.2. The summed E-state index contributed by atoms with van der Waals surface area (Å²) in [6, 6.07) is 3.10. The average molecular weight is 481 g/mol. The van der Waals surface area contributed by atoms with E-state index in [0.717, 1.165) is 17.7 Å². The van der Waals surface area contributed by atoms with E-state index < -0.39 is 17.8 Å². The minimum Gasteiger partial charge on any atom is -0.387 e. The number of urea groups is 1. The fourth-order valence-electron chi connectivity index (χ4n) is 3.13. The molecular formula is C20H16ClF3N6O3. The maximum Gasteiger partial charge on any atom is 0.417 e. The molecule has 0 aromatic carbocycles. The number of hydrogen-bond donors (Lipinski definition) is 2. The van der Waals surface area contributed by atoms with Gasteiger partial charge in [-0.3, -0.25) is 10.3 Å². The number of carbonyl (C=O) groups is 1. The Morgan fingerprint density at radius 2 is 2.09 bits per heavy atom. The standard InChI is InChI=1S/C20H16ClF3N6O3/c21-14-7-12(18-28-16(10-31)33-29-18)8-26-17(14)11-3-5-30(6-4-11)19(32)27-15-2-1-13(9-25-15)20(22,23)24/h1-3,7-9,31H,4-6,10H2,(H,25,27,32). The first-order chi connectivity index (χ1) is 15.7. The Hall–Kier alpha value is -3.51. The van der Waals surface area contributed by atoms with Gasteiger partial charge in [0.2, 0.25) is 5.82 Å². The Bertz CT molecular complexity index is 1200. The summed E-state index contributed by atoms with van der Waals surface area (Å²) in [6.45, 7) is 0.229. The molecule has 1 aliphatic heterocycles. The van der Waals surface area contributed by atoms with Crippen LogP contribution in [0.2, 0.25) is 5.02 Å². The Labute approximate surface area is 189 Å². The van der Waals surface area contributed by atoms with Crippen molar-refractivity contribution in [1.29, 1.82) is 0 Å². The molecular weight excluding hydrogens is 465 g/mol. The van der Waals surface area contributed by atoms with E-state index in [0.29, 0.717) is 35.4 Å². The van der Waals surface area contributed by atoms with E-state index >= 15 is 0 Å². The van der Waals surface area contributed by atoms with E-state index in [4.69, 9.17) is 21.2 Å². The van der Waals surface area contributed by atoms with Gasteiger partial charge in [-0.15, -0.1) is 0 Å². The molecule has 0 atom stereocenters. The smallest absolute Gasteiger partial charge is 0.387 e. The van der Waals surface area contributed by atoms with Crippen LogP contribution in [0.25, 0.3) is 17.0 Å². The third-order valence-electron chi connectivity index (χ3n) is 4.83. The quantitative estimate of drug-likeness (QED) is 0.579. The second-order valence-corrected chi connectivity index (χ2v) is 7.42. The fourth-order valence-corrected chi connectivity index (χ4v) is 3.41. The van der Waals surface area contributed by atoms with Crippen LogP contribution in [0.5, 0.6) is 0 Å². The average Bonchev–Trinajstić information content (AvgIpc) is 3.28. The molecule has 2 amide bonds. The summed E-state index contributed by atoms with van der Waals surface area (Å²) in [5.74, 6) is 0.344. The maximum absolute atomic E-state index is 12.6. The largest absolute Gasteiger partial charge is 0.417 e. The van der Waals surface area contributed by atoms with Gasteiger partial charge in [0.1, 0.15) is 12.4 Å². The summed E-state index contributed by atoms with van der Waals surface area (Å²) in [4.78, 5) is 25.9. The molecule has 9 nitrogen and oxygen atoms in total. The summed E-state index contributed by atoms with van der Waals surface area (Å²) in [5, 5.41) is 15.6. The molecule has 1 aliphatic rings. The number of anilines is 1. The number of aliphatic hydroxyl groups excluding tert-OH is 1. The molecule has 2 N–H and O–H groups in total. The van der Waals surface area contributed by atoms with Gasteiger partial charge in [0, 0.05) is 31.0 Å². The van der Waals surface area contributed by atoms with Crippen molar-refractivity contribution < 1.29 is 27.6 Å². The predicted molar refractivity (Wildman–Crippen MR) is 111 cm³/mol. The van der Waals surface area contributed by atoms with Gasteiger partial charge in [-0.2, -0.15) is 18.2 Å². The molecule has 0 saturated heterocycles. The molecule has 0 saturated carbocycles. The van der Waals surface area contributed by atoms with E-state index in [2.05, 4.69) is 25.4 Å². The van der Waals surface area contributed by atoms with Crippen molar-refractivity contribution in [3.05, 3.63) is 58.8 Å². The van der Waals surface area contributed by atoms with Crippen molar-refractivity contribution >= 4 is 29.0 Å². The molecule has 0 radical (unpaired) electrons. The Morgan fingerprint density at radius 3 is 2.67 bits per heavy atom. The number of pyridine rings is 2. The SMILES string of the molecule is O=C(Nc1ccc(C(F)(F)F)cn1)N1CC=C(c2ncc(-c3noc(CO)n3)cc2Cl)CC1. The Balaban J connectivity index is 1.40. The number of nitrogens with one attached hydrogen (secondary N) is 1. The van der Waals surface area contributed by atoms with Crippen LogP contribution >= 0.6 is 11.6 Å². The first-order valence-electron chi connectivity index (χ1n) is 9.62. The molecule has 13 heteroatoms. The van der Waals surface area contributed by atoms with Gasteiger partial charge in [-0.25, -0.2) is 9.78 Å². The third kappa shape index (κ3) is 5.12. The number of amides is 2. The van der Waals surface area contributed by atoms with Crippen LogP contribution in [0.3, 0.4) is 0 Å². The van der Waals surface area contributed by atoms with Crippen molar-refractivity contribution in [3.63, 3.8) is 0 Å². The molecule has 4 rings (SSSR count). The monoisotopic (exact) mass is 480 g/mol. The lowest BCUT2D eigenvalue weighted by Gasteiger charge is -2.26. The molecule has 3 aromatic rings. The highest BCUT2D eigenvalue weighted by Crippen LogP contribution is 2.31. The van der Waals surface area contributed by atoms with Crippen LogP contribution in [0.1, 0.15) is 23.6 Å². The summed E-state index contributed by atoms with van der Waals surface area (Å²) in [7, 11) is 0. The van der Waals surface area contributed by atoms with Crippen molar-refractivity contribution in [3.8, 4) is 11.4 Å². The lowest BCUT2D eigenvalue weighted by Crippen LogP contribution is -2.38. The van der Waals surface area contributed by atoms with Gasteiger partial charge in [0.05, 0.1) is 16.3 Å². The molecule has 172 valence electrons. The lowest BCUT2D eigenvalue weighted by atomic mass is 10.0. The number of halogens is 4. The summed E-state index contributed by atoms with van der Waals surface area (Å²) in [5.41, 5.74) is 1.02. The van der Waals surface area contributed by atoms with Crippen molar-refractivity contribution in [2.75, 3.05) is 18.4 Å². The van der Waals surface area contributed by atoms with Gasteiger partial charge in [0.15, 0.2) is 0 Å². The van der Waals surface area contributed by atoms with E-state index in [1.807, 2.05) is 0 Å². The summed E-state index contributed by atoms with van der Waals surface area (Å²) < 4.78 is 42.7. The Morgan fingerprint density at radius 1 is 1.27 bits per heavy atom. The van der Waals surface area contributed by atoms with Gasteiger partial charge in [-0.05, 0) is 30.2 Å². The van der Waals surface area contributed by atoms with Gasteiger partial charge >= 0.3 is 12.2 Å². The number of rotatable bonds is 4. The topological polar surface area (TPSA) is 117 Å². The van der Waals surface area contributed by atoms with E-state index in [1.54, 1.807) is 12.1 Å². The first-order valence-corrected chi connectivity index (χ1v) is 10.0. The minimum atomic E-state index is -4.50. The lowest BCUT2D eigenvalue weighted by molar-refractivity contribution is -0.137. The molecule has 0 unspecified atom stereocenters. The number of nitrogens with zero attached hydrogens (tertiary/aromatic N) is 5. The van der Waals surface area contributed by atoms with Gasteiger partial charge in [0.25, 0.3) is 5.89 Å². The first kappa shape index (κ1) is 22.7. The van der Waals surface area contributed by atoms with Crippen LogP contribution in [-0.2, 0) is 12.8 Å². The third-order valence-corrected chi connectivity index (χ3v) is 5.12. The molecule has 0 spiro atoms.